The fraction of sp³-hybridized carbons (Fsp3) is 0.0556. The van der Waals surface area contributed by atoms with Gasteiger partial charge < -0.3 is 22.3 Å². The first-order valence-electron chi connectivity index (χ1n) is 5.20. The number of rotatable bonds is 1. The normalized spacial score (nSPS) is 11.5. The van der Waals surface area contributed by atoms with Crippen molar-refractivity contribution in [3.63, 3.8) is 0 Å². The van der Waals surface area contributed by atoms with Gasteiger partial charge in [-0.2, -0.15) is 17.7 Å². The molecule has 0 nitrogen and oxygen atoms in total. The van der Waals surface area contributed by atoms with Crippen molar-refractivity contribution in [1.82, 2.24) is 0 Å². The van der Waals surface area contributed by atoms with Crippen molar-refractivity contribution < 1.29 is 21.1 Å². The smallest absolute Gasteiger partial charge is 0.358 e. The maximum Gasteiger partial charge on any atom is 4.00 e. The van der Waals surface area contributed by atoms with E-state index in [1.165, 1.54) is 21.9 Å². The van der Waals surface area contributed by atoms with E-state index in [-0.39, 0.29) is 43.3 Å². The van der Waals surface area contributed by atoms with E-state index >= 15 is 0 Å². The third-order valence-electron chi connectivity index (χ3n) is 2.76. The van der Waals surface area contributed by atoms with Gasteiger partial charge in [0.15, 0.2) is 0 Å². The minimum Gasteiger partial charge on any atom is -0.358 e. The molecule has 0 spiro atoms. The van der Waals surface area contributed by atoms with E-state index in [0.29, 0.717) is 0 Å². The van der Waals surface area contributed by atoms with Crippen LogP contribution in [0.4, 0.5) is 0 Å². The monoisotopic (exact) mass is 431 g/mol. The SMILES string of the molecule is [C-]1=C(c2ccc3ccccc3c2)C=CC1.[CH3-].[CH3-].[CH3-].[Pt+4]. The van der Waals surface area contributed by atoms with Crippen LogP contribution in [0.15, 0.2) is 54.6 Å². The predicted molar refractivity (Wildman–Crippen MR) is 83.6 cm³/mol. The van der Waals surface area contributed by atoms with Crippen LogP contribution >= 0.6 is 0 Å². The first-order valence-corrected chi connectivity index (χ1v) is 5.20. The standard InChI is InChI=1S/C15H11.3CH3.Pt/c1-2-6-12(5-1)15-10-9-13-7-3-4-8-14(13)11-15;;;;/h1,3-5,7-11H,2H2;3*1H3;/q4*-1;+4. The molecule has 19 heavy (non-hydrogen) atoms. The summed E-state index contributed by atoms with van der Waals surface area (Å²) < 4.78 is 0. The summed E-state index contributed by atoms with van der Waals surface area (Å²) in [6, 6.07) is 15.0. The largest absolute Gasteiger partial charge is 4.00 e. The predicted octanol–water partition coefficient (Wildman–Crippen LogP) is 5.33. The van der Waals surface area contributed by atoms with E-state index < -0.39 is 0 Å². The molecule has 3 rings (SSSR count). The molecule has 0 N–H and O–H groups in total. The second kappa shape index (κ2) is 8.88. The summed E-state index contributed by atoms with van der Waals surface area (Å²) in [5.74, 6) is 0. The van der Waals surface area contributed by atoms with Crippen LogP contribution in [-0.4, -0.2) is 0 Å². The molecule has 1 heteroatoms. The topological polar surface area (TPSA) is 0 Å². The van der Waals surface area contributed by atoms with E-state index in [1.807, 2.05) is 0 Å². The number of hydrogen-bond donors (Lipinski definition) is 0. The maximum absolute atomic E-state index is 3.34. The van der Waals surface area contributed by atoms with Gasteiger partial charge in [0.2, 0.25) is 0 Å². The molecule has 0 saturated carbocycles. The molecule has 0 unspecified atom stereocenters. The Morgan fingerprint density at radius 3 is 2.16 bits per heavy atom. The van der Waals surface area contributed by atoms with Crippen LogP contribution in [-0.2, 0) is 21.1 Å². The Hall–Kier alpha value is -1.13. The van der Waals surface area contributed by atoms with Gasteiger partial charge in [-0.1, -0.05) is 36.8 Å². The number of hydrogen-bond acceptors (Lipinski definition) is 0. The van der Waals surface area contributed by atoms with Gasteiger partial charge in [0.1, 0.15) is 0 Å². The summed E-state index contributed by atoms with van der Waals surface area (Å²) in [6.45, 7) is 0. The van der Waals surface area contributed by atoms with Gasteiger partial charge in [-0.15, -0.1) is 23.8 Å². The Morgan fingerprint density at radius 2 is 1.53 bits per heavy atom. The Kier molecular flexibility index (Phi) is 9.44. The molecule has 0 bridgehead atoms. The number of fused-ring (bicyclic) bond motifs is 1. The van der Waals surface area contributed by atoms with Crippen molar-refractivity contribution >= 4 is 16.3 Å². The van der Waals surface area contributed by atoms with E-state index in [0.717, 1.165) is 6.42 Å². The van der Waals surface area contributed by atoms with Gasteiger partial charge in [-0.25, -0.2) is 0 Å². The van der Waals surface area contributed by atoms with Crippen molar-refractivity contribution in [2.24, 2.45) is 0 Å². The molecule has 0 heterocycles. The van der Waals surface area contributed by atoms with Crippen LogP contribution in [0.1, 0.15) is 12.0 Å². The van der Waals surface area contributed by atoms with Gasteiger partial charge in [-0.05, 0) is 10.8 Å². The molecule has 0 amide bonds. The number of allylic oxidation sites excluding steroid dienone is 4. The minimum atomic E-state index is 0. The van der Waals surface area contributed by atoms with Gasteiger partial charge in [0.25, 0.3) is 0 Å². The van der Waals surface area contributed by atoms with Crippen LogP contribution in [0.25, 0.3) is 16.3 Å². The number of benzene rings is 2. The average Bonchev–Trinajstić information content (AvgIpc) is 2.82. The van der Waals surface area contributed by atoms with Gasteiger partial charge in [-0.3, -0.25) is 0 Å². The summed E-state index contributed by atoms with van der Waals surface area (Å²) in [7, 11) is 0. The maximum atomic E-state index is 3.34. The molecule has 102 valence electrons. The molecule has 0 fully saturated rings. The summed E-state index contributed by atoms with van der Waals surface area (Å²) in [5.41, 5.74) is 2.49. The van der Waals surface area contributed by atoms with Gasteiger partial charge >= 0.3 is 21.1 Å². The van der Waals surface area contributed by atoms with E-state index in [9.17, 15) is 0 Å². The Labute approximate surface area is 132 Å². The van der Waals surface area contributed by atoms with E-state index in [2.05, 4.69) is 60.7 Å². The molecule has 2 aromatic carbocycles. The summed E-state index contributed by atoms with van der Waals surface area (Å²) in [6.07, 6.45) is 8.58. The molecule has 1 aliphatic rings. The van der Waals surface area contributed by atoms with Crippen molar-refractivity contribution in [2.75, 3.05) is 0 Å². The second-order valence-corrected chi connectivity index (χ2v) is 3.76. The van der Waals surface area contributed by atoms with Crippen molar-refractivity contribution in [3.8, 4) is 0 Å². The van der Waals surface area contributed by atoms with Crippen LogP contribution in [0.3, 0.4) is 0 Å². The van der Waals surface area contributed by atoms with Gasteiger partial charge in [0, 0.05) is 0 Å². The molecule has 0 aliphatic heterocycles. The molecule has 1 aliphatic carbocycles. The zero-order chi connectivity index (χ0) is 10.1. The second-order valence-electron chi connectivity index (χ2n) is 3.76. The third kappa shape index (κ3) is 4.18. The van der Waals surface area contributed by atoms with Crippen LogP contribution < -0.4 is 0 Å². The molecule has 2 aromatic rings. The summed E-state index contributed by atoms with van der Waals surface area (Å²) in [4.78, 5) is 0. The van der Waals surface area contributed by atoms with Crippen LogP contribution in [0.2, 0.25) is 0 Å². The van der Waals surface area contributed by atoms with Crippen molar-refractivity contribution in [1.29, 1.82) is 0 Å². The first-order chi connectivity index (χ1) is 7.43. The molecular formula is C18H20Pt. The fourth-order valence-electron chi connectivity index (χ4n) is 1.96. The van der Waals surface area contributed by atoms with Gasteiger partial charge in [0.05, 0.1) is 0 Å². The minimum absolute atomic E-state index is 0. The Bertz CT molecular complexity index is 565. The zero-order valence-corrected chi connectivity index (χ0v) is 14.0. The van der Waals surface area contributed by atoms with Crippen molar-refractivity contribution in [2.45, 2.75) is 6.42 Å². The summed E-state index contributed by atoms with van der Waals surface area (Å²) in [5, 5.41) is 2.59. The zero-order valence-electron chi connectivity index (χ0n) is 11.7. The van der Waals surface area contributed by atoms with E-state index in [4.69, 9.17) is 0 Å². The van der Waals surface area contributed by atoms with E-state index in [1.54, 1.807) is 0 Å². The Balaban J connectivity index is 0. The molecule has 0 atom stereocenters. The molecule has 0 saturated heterocycles. The van der Waals surface area contributed by atoms with Crippen LogP contribution in [0.5, 0.6) is 0 Å². The fourth-order valence-corrected chi connectivity index (χ4v) is 1.96. The first kappa shape index (κ1) is 20.2. The van der Waals surface area contributed by atoms with Crippen molar-refractivity contribution in [3.05, 3.63) is 88.5 Å². The summed E-state index contributed by atoms with van der Waals surface area (Å²) >= 11 is 0. The molecular weight excluding hydrogens is 411 g/mol. The quantitative estimate of drug-likeness (QED) is 0.535. The average molecular weight is 431 g/mol. The molecule has 0 aromatic heterocycles. The molecule has 0 radical (unpaired) electrons. The van der Waals surface area contributed by atoms with Crippen LogP contribution in [0, 0.1) is 28.4 Å². The Morgan fingerprint density at radius 1 is 0.842 bits per heavy atom. The third-order valence-corrected chi connectivity index (χ3v) is 2.76.